The van der Waals surface area contributed by atoms with E-state index in [4.69, 9.17) is 9.47 Å². The molecule has 2 aliphatic heterocycles. The number of esters is 1. The first-order valence-corrected chi connectivity index (χ1v) is 5.43. The molecule has 1 spiro atoms. The van der Waals surface area contributed by atoms with Crippen molar-refractivity contribution in [3.8, 4) is 0 Å². The minimum absolute atomic E-state index is 0.0367. The van der Waals surface area contributed by atoms with E-state index in [0.29, 0.717) is 6.42 Å². The maximum Gasteiger partial charge on any atom is 0.306 e. The summed E-state index contributed by atoms with van der Waals surface area (Å²) in [6, 6.07) is 0. The van der Waals surface area contributed by atoms with E-state index in [1.54, 1.807) is 0 Å². The lowest BCUT2D eigenvalue weighted by atomic mass is 9.80. The average molecular weight is 198 g/mol. The molecule has 0 aliphatic carbocycles. The van der Waals surface area contributed by atoms with Crippen LogP contribution < -0.4 is 0 Å². The fourth-order valence-corrected chi connectivity index (χ4v) is 2.51. The number of hydrogen-bond acceptors (Lipinski definition) is 3. The third-order valence-electron chi connectivity index (χ3n) is 3.57. The molecule has 2 aliphatic rings. The molecular weight excluding hydrogens is 180 g/mol. The lowest BCUT2D eigenvalue weighted by Gasteiger charge is -2.42. The molecule has 2 atom stereocenters. The minimum Gasteiger partial charge on any atom is -0.459 e. The van der Waals surface area contributed by atoms with E-state index in [2.05, 4.69) is 13.8 Å². The molecule has 0 bridgehead atoms. The summed E-state index contributed by atoms with van der Waals surface area (Å²) < 4.78 is 11.2. The molecule has 2 unspecified atom stereocenters. The second-order valence-corrected chi connectivity index (χ2v) is 4.74. The highest BCUT2D eigenvalue weighted by atomic mass is 16.6. The number of hydrogen-bond donors (Lipinski definition) is 0. The Morgan fingerprint density at radius 2 is 2.21 bits per heavy atom. The van der Waals surface area contributed by atoms with Crippen molar-refractivity contribution in [3.05, 3.63) is 0 Å². The first kappa shape index (κ1) is 9.97. The van der Waals surface area contributed by atoms with Crippen LogP contribution >= 0.6 is 0 Å². The average Bonchev–Trinajstić information content (AvgIpc) is 2.47. The number of carbonyl (C=O) groups is 1. The molecule has 14 heavy (non-hydrogen) atoms. The monoisotopic (exact) mass is 198 g/mol. The summed E-state index contributed by atoms with van der Waals surface area (Å²) in [6.45, 7) is 4.95. The Labute approximate surface area is 84.8 Å². The minimum atomic E-state index is -0.194. The molecular formula is C11H18O3. The fraction of sp³-hybridized carbons (Fsp3) is 0.909. The summed E-state index contributed by atoms with van der Waals surface area (Å²) in [5, 5.41) is 0. The van der Waals surface area contributed by atoms with Crippen LogP contribution in [0, 0.1) is 0 Å². The Morgan fingerprint density at radius 1 is 1.43 bits per heavy atom. The van der Waals surface area contributed by atoms with Gasteiger partial charge in [-0.15, -0.1) is 0 Å². The van der Waals surface area contributed by atoms with Gasteiger partial charge in [-0.05, 0) is 19.8 Å². The number of carbonyl (C=O) groups excluding carboxylic acids is 1. The molecule has 0 saturated carbocycles. The predicted molar refractivity (Wildman–Crippen MR) is 51.9 cm³/mol. The van der Waals surface area contributed by atoms with Crippen molar-refractivity contribution in [3.63, 3.8) is 0 Å². The van der Waals surface area contributed by atoms with E-state index in [9.17, 15) is 4.79 Å². The molecule has 2 heterocycles. The molecule has 2 saturated heterocycles. The molecule has 80 valence electrons. The van der Waals surface area contributed by atoms with Crippen LogP contribution in [0.15, 0.2) is 0 Å². The van der Waals surface area contributed by atoms with Gasteiger partial charge in [0.25, 0.3) is 0 Å². The Balaban J connectivity index is 2.10. The van der Waals surface area contributed by atoms with Crippen molar-refractivity contribution in [2.75, 3.05) is 6.61 Å². The maximum absolute atomic E-state index is 11.2. The summed E-state index contributed by atoms with van der Waals surface area (Å²) in [6.07, 6.45) is 4.17. The van der Waals surface area contributed by atoms with E-state index in [0.717, 1.165) is 32.3 Å². The van der Waals surface area contributed by atoms with Crippen LogP contribution in [-0.2, 0) is 14.3 Å². The maximum atomic E-state index is 11.2. The summed E-state index contributed by atoms with van der Waals surface area (Å²) in [5.41, 5.74) is -0.289. The molecule has 0 aromatic carbocycles. The zero-order valence-electron chi connectivity index (χ0n) is 8.97. The van der Waals surface area contributed by atoms with Crippen LogP contribution in [0.2, 0.25) is 0 Å². The highest BCUT2D eigenvalue weighted by Crippen LogP contribution is 2.42. The van der Waals surface area contributed by atoms with Crippen LogP contribution in [0.25, 0.3) is 0 Å². The van der Waals surface area contributed by atoms with Crippen LogP contribution in [0.4, 0.5) is 0 Å². The third kappa shape index (κ3) is 1.65. The molecule has 3 nitrogen and oxygen atoms in total. The summed E-state index contributed by atoms with van der Waals surface area (Å²) in [7, 11) is 0. The Kier molecular flexibility index (Phi) is 2.30. The molecule has 0 aromatic heterocycles. The van der Waals surface area contributed by atoms with Crippen LogP contribution in [0.3, 0.4) is 0 Å². The smallest absolute Gasteiger partial charge is 0.306 e. The topological polar surface area (TPSA) is 35.5 Å². The van der Waals surface area contributed by atoms with Crippen molar-refractivity contribution in [2.24, 2.45) is 0 Å². The first-order chi connectivity index (χ1) is 6.58. The van der Waals surface area contributed by atoms with Crippen LogP contribution in [-0.4, -0.2) is 23.8 Å². The second-order valence-electron chi connectivity index (χ2n) is 4.74. The predicted octanol–water partition coefficient (Wildman–Crippen LogP) is 2.04. The molecule has 0 aromatic rings. The molecule has 3 heteroatoms. The van der Waals surface area contributed by atoms with Gasteiger partial charge in [-0.2, -0.15) is 0 Å². The van der Waals surface area contributed by atoms with E-state index < -0.39 is 0 Å². The summed E-state index contributed by atoms with van der Waals surface area (Å²) in [4.78, 5) is 11.2. The third-order valence-corrected chi connectivity index (χ3v) is 3.57. The second kappa shape index (κ2) is 3.23. The van der Waals surface area contributed by atoms with Gasteiger partial charge in [-0.25, -0.2) is 0 Å². The van der Waals surface area contributed by atoms with Gasteiger partial charge >= 0.3 is 5.97 Å². The molecule has 2 rings (SSSR count). The highest BCUT2D eigenvalue weighted by molar-refractivity contribution is 5.72. The quantitative estimate of drug-likeness (QED) is 0.605. The van der Waals surface area contributed by atoms with Gasteiger partial charge in [0.15, 0.2) is 0 Å². The van der Waals surface area contributed by atoms with Gasteiger partial charge in [0.05, 0.1) is 12.2 Å². The Hall–Kier alpha value is -0.570. The largest absolute Gasteiger partial charge is 0.459 e. The van der Waals surface area contributed by atoms with Crippen molar-refractivity contribution in [1.29, 1.82) is 0 Å². The SMILES string of the molecule is CCC1(C)CC2(CCO1)CCC(=O)O2. The van der Waals surface area contributed by atoms with E-state index in [1.807, 2.05) is 0 Å². The zero-order chi connectivity index (χ0) is 10.2. The summed E-state index contributed by atoms with van der Waals surface area (Å²) >= 11 is 0. The van der Waals surface area contributed by atoms with Crippen molar-refractivity contribution in [2.45, 2.75) is 57.2 Å². The Bertz CT molecular complexity index is 251. The van der Waals surface area contributed by atoms with Crippen molar-refractivity contribution < 1.29 is 14.3 Å². The van der Waals surface area contributed by atoms with Crippen molar-refractivity contribution >= 4 is 5.97 Å². The highest BCUT2D eigenvalue weighted by Gasteiger charge is 2.48. The van der Waals surface area contributed by atoms with Gasteiger partial charge in [-0.3, -0.25) is 4.79 Å². The van der Waals surface area contributed by atoms with E-state index in [-0.39, 0.29) is 17.2 Å². The Morgan fingerprint density at radius 3 is 2.79 bits per heavy atom. The molecule has 0 radical (unpaired) electrons. The van der Waals surface area contributed by atoms with E-state index >= 15 is 0 Å². The normalized spacial score (nSPS) is 42.9. The molecule has 2 fully saturated rings. The number of ether oxygens (including phenoxy) is 2. The van der Waals surface area contributed by atoms with E-state index in [1.165, 1.54) is 0 Å². The lowest BCUT2D eigenvalue weighted by Crippen LogP contribution is -2.46. The van der Waals surface area contributed by atoms with Gasteiger partial charge < -0.3 is 9.47 Å². The lowest BCUT2D eigenvalue weighted by molar-refractivity contribution is -0.175. The van der Waals surface area contributed by atoms with Gasteiger partial charge in [-0.1, -0.05) is 6.92 Å². The van der Waals surface area contributed by atoms with Gasteiger partial charge in [0.2, 0.25) is 0 Å². The zero-order valence-corrected chi connectivity index (χ0v) is 8.97. The van der Waals surface area contributed by atoms with Crippen molar-refractivity contribution in [1.82, 2.24) is 0 Å². The van der Waals surface area contributed by atoms with Crippen LogP contribution in [0.1, 0.15) is 46.0 Å². The molecule has 0 N–H and O–H groups in total. The fourth-order valence-electron chi connectivity index (χ4n) is 2.51. The first-order valence-electron chi connectivity index (χ1n) is 5.43. The standard InChI is InChI=1S/C11H18O3/c1-3-10(2)8-11(6-7-13-10)5-4-9(12)14-11/h3-8H2,1-2H3. The summed E-state index contributed by atoms with van der Waals surface area (Å²) in [5.74, 6) is -0.0367. The van der Waals surface area contributed by atoms with Gasteiger partial charge in [0, 0.05) is 19.3 Å². The number of rotatable bonds is 1. The molecule has 0 amide bonds. The van der Waals surface area contributed by atoms with Crippen LogP contribution in [0.5, 0.6) is 0 Å². The van der Waals surface area contributed by atoms with Gasteiger partial charge in [0.1, 0.15) is 5.60 Å².